The number of carboxylic acids is 1. The van der Waals surface area contributed by atoms with Gasteiger partial charge in [0.25, 0.3) is 0 Å². The van der Waals surface area contributed by atoms with Crippen LogP contribution in [0, 0.1) is 11.3 Å². The summed E-state index contributed by atoms with van der Waals surface area (Å²) in [5, 5.41) is 9.52. The van der Waals surface area contributed by atoms with Crippen LogP contribution in [0.4, 0.5) is 0 Å². The topological polar surface area (TPSA) is 59.4 Å². The first-order valence-corrected chi connectivity index (χ1v) is 12.3. The summed E-state index contributed by atoms with van der Waals surface area (Å²) in [6, 6.07) is 3.94. The Morgan fingerprint density at radius 1 is 1.33 bits per heavy atom. The minimum atomic E-state index is -1.04. The summed E-state index contributed by atoms with van der Waals surface area (Å²) in [6.07, 6.45) is 13.1. The number of allylic oxidation sites excluding steroid dienone is 1. The van der Waals surface area contributed by atoms with E-state index in [0.717, 1.165) is 24.8 Å². The largest absolute Gasteiger partial charge is 0.479 e. The zero-order valence-corrected chi connectivity index (χ0v) is 18.6. The Hall–Kier alpha value is -1.46. The molecule has 1 unspecified atom stereocenters. The highest BCUT2D eigenvalue weighted by molar-refractivity contribution is 6.48. The molecule has 0 aliphatic rings. The van der Waals surface area contributed by atoms with Crippen LogP contribution in [0.15, 0.2) is 30.6 Å². The summed E-state index contributed by atoms with van der Waals surface area (Å²) >= 11 is 0. The highest BCUT2D eigenvalue weighted by Gasteiger charge is 2.24. The summed E-state index contributed by atoms with van der Waals surface area (Å²) in [5.74, 6) is -0.516. The predicted molar refractivity (Wildman–Crippen MR) is 114 cm³/mol. The maximum absolute atomic E-state index is 11.6. The lowest BCUT2D eigenvalue weighted by molar-refractivity contribution is -0.146. The Kier molecular flexibility index (Phi) is 10.6. The molecular formula is C22H36NO3Si. The van der Waals surface area contributed by atoms with E-state index >= 15 is 0 Å². The molecule has 0 saturated carbocycles. The average molecular weight is 391 g/mol. The molecule has 151 valence electrons. The van der Waals surface area contributed by atoms with Gasteiger partial charge in [0.05, 0.1) is 0 Å². The van der Waals surface area contributed by atoms with Crippen LogP contribution in [0.2, 0.25) is 13.1 Å². The molecule has 1 aromatic rings. The predicted octanol–water partition coefficient (Wildman–Crippen LogP) is 5.82. The van der Waals surface area contributed by atoms with Crippen molar-refractivity contribution >= 4 is 21.1 Å². The van der Waals surface area contributed by atoms with Gasteiger partial charge >= 0.3 is 5.97 Å². The second-order valence-corrected chi connectivity index (χ2v) is 10.7. The first-order chi connectivity index (χ1) is 12.7. The number of aromatic nitrogens is 1. The molecule has 1 rings (SSSR count). The Labute approximate surface area is 166 Å². The van der Waals surface area contributed by atoms with Crippen LogP contribution in [0.1, 0.15) is 64.9 Å². The van der Waals surface area contributed by atoms with Crippen molar-refractivity contribution in [1.29, 1.82) is 0 Å². The van der Waals surface area contributed by atoms with E-state index in [1.807, 2.05) is 31.4 Å². The Morgan fingerprint density at radius 3 is 2.63 bits per heavy atom. The molecule has 0 aliphatic carbocycles. The van der Waals surface area contributed by atoms with Crippen molar-refractivity contribution in [2.45, 2.75) is 78.5 Å². The number of carboxylic acid groups (broad SMARTS) is 1. The van der Waals surface area contributed by atoms with Crippen molar-refractivity contribution in [2.24, 2.45) is 11.3 Å². The zero-order chi connectivity index (χ0) is 20.3. The summed E-state index contributed by atoms with van der Waals surface area (Å²) in [7, 11) is -1.04. The van der Waals surface area contributed by atoms with Crippen LogP contribution in [0.3, 0.4) is 0 Å². The molecule has 0 saturated heterocycles. The van der Waals surface area contributed by atoms with Crippen LogP contribution < -0.4 is 0 Å². The molecule has 1 aromatic heterocycles. The standard InChI is InChI=1S/C22H36NO3Si/c1-22(2,3)14-7-6-10-18(16-20(21(24)25)26-27(4)5)11-8-12-19-13-9-15-23-17-19/h8-9,12-13,15,17-18,20H,6-7,10-11,14,16H2,1-5H3,(H,24,25)/t18?,20-/m0/s1. The van der Waals surface area contributed by atoms with Gasteiger partial charge in [-0.3, -0.25) is 4.98 Å². The summed E-state index contributed by atoms with van der Waals surface area (Å²) in [4.78, 5) is 15.7. The van der Waals surface area contributed by atoms with Crippen molar-refractivity contribution in [2.75, 3.05) is 0 Å². The Bertz CT molecular complexity index is 567. The first-order valence-electron chi connectivity index (χ1n) is 9.93. The molecule has 0 amide bonds. The maximum Gasteiger partial charge on any atom is 0.331 e. The number of hydrogen-bond acceptors (Lipinski definition) is 3. The summed E-state index contributed by atoms with van der Waals surface area (Å²) < 4.78 is 5.74. The molecule has 4 nitrogen and oxygen atoms in total. The van der Waals surface area contributed by atoms with Crippen LogP contribution in [-0.2, 0) is 9.22 Å². The lowest BCUT2D eigenvalue weighted by Crippen LogP contribution is -2.31. The molecule has 0 bridgehead atoms. The normalized spacial score (nSPS) is 14.6. The van der Waals surface area contributed by atoms with Gasteiger partial charge in [0.2, 0.25) is 9.04 Å². The monoisotopic (exact) mass is 390 g/mol. The van der Waals surface area contributed by atoms with Crippen molar-refractivity contribution < 1.29 is 14.3 Å². The van der Waals surface area contributed by atoms with Gasteiger partial charge in [-0.25, -0.2) is 4.79 Å². The number of aliphatic carboxylic acids is 1. The van der Waals surface area contributed by atoms with E-state index in [-0.39, 0.29) is 0 Å². The molecule has 0 fully saturated rings. The van der Waals surface area contributed by atoms with E-state index in [0.29, 0.717) is 17.8 Å². The number of hydrogen-bond donors (Lipinski definition) is 1. The van der Waals surface area contributed by atoms with Gasteiger partial charge in [-0.2, -0.15) is 0 Å². The molecule has 1 N–H and O–H groups in total. The molecule has 5 heteroatoms. The van der Waals surface area contributed by atoms with Crippen molar-refractivity contribution in [3.8, 4) is 0 Å². The minimum absolute atomic E-state index is 0.320. The van der Waals surface area contributed by atoms with E-state index in [1.165, 1.54) is 12.8 Å². The smallest absolute Gasteiger partial charge is 0.331 e. The third kappa shape index (κ3) is 11.8. The van der Waals surface area contributed by atoms with Gasteiger partial charge in [-0.15, -0.1) is 0 Å². The molecule has 1 radical (unpaired) electrons. The van der Waals surface area contributed by atoms with Crippen LogP contribution in [0.5, 0.6) is 0 Å². The van der Waals surface area contributed by atoms with E-state index < -0.39 is 21.1 Å². The molecular weight excluding hydrogens is 354 g/mol. The SMILES string of the molecule is C[Si](C)O[C@@H](CC(CC=Cc1cccnc1)CCCCC(C)(C)C)C(=O)O. The number of nitrogens with zero attached hydrogens (tertiary/aromatic N) is 1. The van der Waals surface area contributed by atoms with Crippen LogP contribution >= 0.6 is 0 Å². The lowest BCUT2D eigenvalue weighted by atomic mass is 9.87. The quantitative estimate of drug-likeness (QED) is 0.361. The number of unbranched alkanes of at least 4 members (excludes halogenated alkanes) is 1. The van der Waals surface area contributed by atoms with Crippen LogP contribution in [-0.4, -0.2) is 31.2 Å². The lowest BCUT2D eigenvalue weighted by Gasteiger charge is -2.23. The van der Waals surface area contributed by atoms with Gasteiger partial charge in [0, 0.05) is 12.4 Å². The number of pyridine rings is 1. The third-order valence-corrected chi connectivity index (χ3v) is 5.21. The molecule has 0 aromatic carbocycles. The van der Waals surface area contributed by atoms with Crippen molar-refractivity contribution in [3.05, 3.63) is 36.2 Å². The minimum Gasteiger partial charge on any atom is -0.479 e. The van der Waals surface area contributed by atoms with E-state index in [4.69, 9.17) is 4.43 Å². The van der Waals surface area contributed by atoms with Gasteiger partial charge in [0.1, 0.15) is 6.10 Å². The average Bonchev–Trinajstić information content (AvgIpc) is 2.57. The van der Waals surface area contributed by atoms with E-state index in [2.05, 4.69) is 37.9 Å². The fourth-order valence-corrected chi connectivity index (χ4v) is 3.84. The van der Waals surface area contributed by atoms with Crippen molar-refractivity contribution in [3.63, 3.8) is 0 Å². The van der Waals surface area contributed by atoms with Crippen molar-refractivity contribution in [1.82, 2.24) is 4.98 Å². The second kappa shape index (κ2) is 12.1. The highest BCUT2D eigenvalue weighted by Crippen LogP contribution is 2.26. The summed E-state index contributed by atoms with van der Waals surface area (Å²) in [5.41, 5.74) is 1.42. The van der Waals surface area contributed by atoms with E-state index in [1.54, 1.807) is 6.20 Å². The molecule has 0 aliphatic heterocycles. The first kappa shape index (κ1) is 23.6. The number of rotatable bonds is 12. The Morgan fingerprint density at radius 2 is 2.07 bits per heavy atom. The maximum atomic E-state index is 11.6. The molecule has 1 heterocycles. The zero-order valence-electron chi connectivity index (χ0n) is 17.6. The highest BCUT2D eigenvalue weighted by atomic mass is 28.3. The summed E-state index contributed by atoms with van der Waals surface area (Å²) in [6.45, 7) is 10.8. The third-order valence-electron chi connectivity index (χ3n) is 4.45. The Balaban J connectivity index is 2.66. The molecule has 0 spiro atoms. The van der Waals surface area contributed by atoms with Gasteiger partial charge in [-0.1, -0.05) is 58.3 Å². The van der Waals surface area contributed by atoms with Gasteiger partial charge in [0.15, 0.2) is 0 Å². The van der Waals surface area contributed by atoms with Gasteiger partial charge < -0.3 is 9.53 Å². The molecule has 2 atom stereocenters. The molecule has 27 heavy (non-hydrogen) atoms. The fourth-order valence-electron chi connectivity index (χ4n) is 3.08. The van der Waals surface area contributed by atoms with Gasteiger partial charge in [-0.05, 0) is 55.3 Å². The van der Waals surface area contributed by atoms with Crippen LogP contribution in [0.25, 0.3) is 6.08 Å². The van der Waals surface area contributed by atoms with E-state index in [9.17, 15) is 9.90 Å². The fraction of sp³-hybridized carbons (Fsp3) is 0.636. The number of carbonyl (C=O) groups is 1. The second-order valence-electron chi connectivity index (χ2n) is 8.69.